The van der Waals surface area contributed by atoms with Gasteiger partial charge in [-0.2, -0.15) is 0 Å². The fourth-order valence-electron chi connectivity index (χ4n) is 2.31. The molecule has 2 N–H and O–H groups in total. The van der Waals surface area contributed by atoms with E-state index in [2.05, 4.69) is 0 Å². The third-order valence-electron chi connectivity index (χ3n) is 3.80. The van der Waals surface area contributed by atoms with Crippen LogP contribution < -0.4 is 5.73 Å². The highest BCUT2D eigenvalue weighted by atomic mass is 32.2. The maximum atomic E-state index is 12.4. The van der Waals surface area contributed by atoms with Gasteiger partial charge in [0.1, 0.15) is 0 Å². The summed E-state index contributed by atoms with van der Waals surface area (Å²) < 4.78 is 26.2. The van der Waals surface area contributed by atoms with Crippen LogP contribution in [0.5, 0.6) is 0 Å². The second-order valence-electron chi connectivity index (χ2n) is 5.27. The Morgan fingerprint density at radius 1 is 1.26 bits per heavy atom. The first-order valence-electron chi connectivity index (χ1n) is 6.79. The fraction of sp³-hybridized carbons (Fsp3) is 0.571. The second kappa shape index (κ2) is 6.03. The van der Waals surface area contributed by atoms with E-state index in [9.17, 15) is 8.42 Å². The molecule has 1 saturated carbocycles. The van der Waals surface area contributed by atoms with Crippen molar-refractivity contribution in [3.05, 3.63) is 29.8 Å². The average molecular weight is 282 g/mol. The lowest BCUT2D eigenvalue weighted by Crippen LogP contribution is -2.34. The Bertz CT molecular complexity index is 507. The molecule has 0 heterocycles. The molecule has 2 rings (SSSR count). The van der Waals surface area contributed by atoms with E-state index in [1.807, 2.05) is 12.1 Å². The van der Waals surface area contributed by atoms with Crippen molar-refractivity contribution in [2.75, 3.05) is 20.1 Å². The molecule has 0 aliphatic heterocycles. The Labute approximate surface area is 115 Å². The minimum Gasteiger partial charge on any atom is -0.330 e. The molecule has 1 fully saturated rings. The number of benzene rings is 1. The van der Waals surface area contributed by atoms with E-state index in [4.69, 9.17) is 5.73 Å². The molecule has 106 valence electrons. The molecular weight excluding hydrogens is 260 g/mol. The zero-order valence-corrected chi connectivity index (χ0v) is 12.2. The van der Waals surface area contributed by atoms with Gasteiger partial charge in [-0.3, -0.25) is 0 Å². The third kappa shape index (κ3) is 3.35. The normalized spacial score (nSPS) is 16.6. The van der Waals surface area contributed by atoms with Crippen LogP contribution in [0.15, 0.2) is 29.2 Å². The van der Waals surface area contributed by atoms with E-state index in [0.29, 0.717) is 23.9 Å². The summed E-state index contributed by atoms with van der Waals surface area (Å²) in [7, 11) is -1.67. The molecule has 0 spiro atoms. The molecule has 0 bridgehead atoms. The van der Waals surface area contributed by atoms with E-state index in [0.717, 1.165) is 24.8 Å². The van der Waals surface area contributed by atoms with Gasteiger partial charge < -0.3 is 5.73 Å². The van der Waals surface area contributed by atoms with E-state index in [-0.39, 0.29) is 0 Å². The van der Waals surface area contributed by atoms with Crippen molar-refractivity contribution in [2.45, 2.75) is 30.6 Å². The van der Waals surface area contributed by atoms with E-state index in [1.54, 1.807) is 19.2 Å². The lowest BCUT2D eigenvalue weighted by atomic mass is 9.86. The maximum Gasteiger partial charge on any atom is 0.242 e. The number of nitrogens with zero attached hydrogens (tertiary/aromatic N) is 1. The summed E-state index contributed by atoms with van der Waals surface area (Å²) in [5.74, 6) is 0.538. The number of nitrogens with two attached hydrogens (primary N) is 1. The monoisotopic (exact) mass is 282 g/mol. The molecule has 0 radical (unpaired) electrons. The zero-order valence-electron chi connectivity index (χ0n) is 11.4. The van der Waals surface area contributed by atoms with Crippen LogP contribution in [-0.4, -0.2) is 32.9 Å². The van der Waals surface area contributed by atoms with Crippen LogP contribution in [0.3, 0.4) is 0 Å². The molecule has 0 aromatic heterocycles. The lowest BCUT2D eigenvalue weighted by Gasteiger charge is -2.29. The minimum absolute atomic E-state index is 0.370. The second-order valence-corrected chi connectivity index (χ2v) is 7.31. The molecule has 1 aliphatic carbocycles. The summed E-state index contributed by atoms with van der Waals surface area (Å²) in [5, 5.41) is 0. The zero-order chi connectivity index (χ0) is 13.9. The molecule has 0 saturated heterocycles. The van der Waals surface area contributed by atoms with Crippen molar-refractivity contribution >= 4 is 10.0 Å². The molecule has 4 nitrogen and oxygen atoms in total. The Hall–Kier alpha value is -0.910. The topological polar surface area (TPSA) is 63.4 Å². The Balaban J connectivity index is 2.08. The highest BCUT2D eigenvalue weighted by Crippen LogP contribution is 2.28. The van der Waals surface area contributed by atoms with Gasteiger partial charge in [0.15, 0.2) is 0 Å². The summed E-state index contributed by atoms with van der Waals surface area (Å²) in [5.41, 5.74) is 6.56. The first-order valence-corrected chi connectivity index (χ1v) is 8.23. The van der Waals surface area contributed by atoms with Gasteiger partial charge in [0, 0.05) is 13.6 Å². The number of hydrogen-bond acceptors (Lipinski definition) is 3. The smallest absolute Gasteiger partial charge is 0.242 e. The molecule has 0 unspecified atom stereocenters. The largest absolute Gasteiger partial charge is 0.330 e. The number of rotatable bonds is 6. The van der Waals surface area contributed by atoms with E-state index >= 15 is 0 Å². The van der Waals surface area contributed by atoms with Crippen molar-refractivity contribution in [1.29, 1.82) is 0 Å². The molecule has 1 aliphatic rings. The van der Waals surface area contributed by atoms with Crippen molar-refractivity contribution < 1.29 is 8.42 Å². The van der Waals surface area contributed by atoms with Crippen molar-refractivity contribution in [2.24, 2.45) is 11.7 Å². The molecule has 1 aromatic carbocycles. The van der Waals surface area contributed by atoms with E-state index < -0.39 is 10.0 Å². The lowest BCUT2D eigenvalue weighted by molar-refractivity contribution is 0.263. The van der Waals surface area contributed by atoms with Crippen LogP contribution in [0.2, 0.25) is 0 Å². The van der Waals surface area contributed by atoms with E-state index in [1.165, 1.54) is 10.7 Å². The van der Waals surface area contributed by atoms with Crippen LogP contribution in [-0.2, 0) is 16.4 Å². The van der Waals surface area contributed by atoms with Crippen LogP contribution in [0.4, 0.5) is 0 Å². The summed E-state index contributed by atoms with van der Waals surface area (Å²) in [6, 6.07) is 7.04. The average Bonchev–Trinajstić information content (AvgIpc) is 2.34. The van der Waals surface area contributed by atoms with Gasteiger partial charge in [-0.25, -0.2) is 12.7 Å². The first kappa shape index (κ1) is 14.5. The Kier molecular flexibility index (Phi) is 4.60. The predicted molar refractivity (Wildman–Crippen MR) is 76.4 cm³/mol. The van der Waals surface area contributed by atoms with Crippen molar-refractivity contribution in [1.82, 2.24) is 4.31 Å². The van der Waals surface area contributed by atoms with Gasteiger partial charge in [-0.15, -0.1) is 0 Å². The SMILES string of the molecule is CN(CC1CCC1)S(=O)(=O)c1ccc(CCN)cc1. The van der Waals surface area contributed by atoms with Gasteiger partial charge in [-0.05, 0) is 49.4 Å². The predicted octanol–water partition coefficient (Wildman–Crippen LogP) is 1.61. The molecule has 0 atom stereocenters. The number of hydrogen-bond donors (Lipinski definition) is 1. The molecular formula is C14H22N2O2S. The van der Waals surface area contributed by atoms with Crippen LogP contribution in [0.1, 0.15) is 24.8 Å². The maximum absolute atomic E-state index is 12.4. The van der Waals surface area contributed by atoms with Crippen LogP contribution >= 0.6 is 0 Å². The summed E-state index contributed by atoms with van der Waals surface area (Å²) in [4.78, 5) is 0.370. The highest BCUT2D eigenvalue weighted by molar-refractivity contribution is 7.89. The first-order chi connectivity index (χ1) is 9.04. The van der Waals surface area contributed by atoms with Crippen molar-refractivity contribution in [3.8, 4) is 0 Å². The van der Waals surface area contributed by atoms with Gasteiger partial charge in [0.25, 0.3) is 0 Å². The summed E-state index contributed by atoms with van der Waals surface area (Å²) in [6.45, 7) is 1.21. The third-order valence-corrected chi connectivity index (χ3v) is 5.64. The van der Waals surface area contributed by atoms with Gasteiger partial charge >= 0.3 is 0 Å². The minimum atomic E-state index is -3.34. The van der Waals surface area contributed by atoms with Gasteiger partial charge in [-0.1, -0.05) is 18.6 Å². The number of sulfonamides is 1. The Morgan fingerprint density at radius 2 is 1.89 bits per heavy atom. The standard InChI is InChI=1S/C14H22N2O2S/c1-16(11-13-3-2-4-13)19(17,18)14-7-5-12(6-8-14)9-10-15/h5-8,13H,2-4,9-11,15H2,1H3. The summed E-state index contributed by atoms with van der Waals surface area (Å²) >= 11 is 0. The highest BCUT2D eigenvalue weighted by Gasteiger charge is 2.26. The van der Waals surface area contributed by atoms with Gasteiger partial charge in [0.2, 0.25) is 10.0 Å². The molecule has 0 amide bonds. The van der Waals surface area contributed by atoms with Gasteiger partial charge in [0.05, 0.1) is 4.90 Å². The Morgan fingerprint density at radius 3 is 2.37 bits per heavy atom. The molecule has 5 heteroatoms. The fourth-order valence-corrected chi connectivity index (χ4v) is 3.56. The van der Waals surface area contributed by atoms with Crippen LogP contribution in [0.25, 0.3) is 0 Å². The summed E-state index contributed by atoms with van der Waals surface area (Å²) in [6.07, 6.45) is 4.30. The van der Waals surface area contributed by atoms with Crippen molar-refractivity contribution in [3.63, 3.8) is 0 Å². The quantitative estimate of drug-likeness (QED) is 0.862. The molecule has 19 heavy (non-hydrogen) atoms. The van der Waals surface area contributed by atoms with Crippen LogP contribution in [0, 0.1) is 5.92 Å². The molecule has 1 aromatic rings.